The van der Waals surface area contributed by atoms with Crippen LogP contribution in [0.2, 0.25) is 0 Å². The lowest BCUT2D eigenvalue weighted by Crippen LogP contribution is -2.63. The molecule has 4 saturated carbocycles. The molecule has 4 aliphatic rings. The number of carbonyl (C=O) groups is 3. The highest BCUT2D eigenvalue weighted by atomic mass is 16.5. The molecule has 0 aliphatic heterocycles. The fourth-order valence-electron chi connectivity index (χ4n) is 8.38. The van der Waals surface area contributed by atoms with E-state index >= 15 is 0 Å². The van der Waals surface area contributed by atoms with Crippen LogP contribution in [-0.4, -0.2) is 46.1 Å². The molecule has 0 bridgehead atoms. The molecule has 4 fully saturated rings. The van der Waals surface area contributed by atoms with Gasteiger partial charge in [-0.2, -0.15) is 0 Å². The zero-order valence-corrected chi connectivity index (χ0v) is 21.0. The molecule has 0 saturated heterocycles. The normalized spacial score (nSPS) is 45.1. The molecule has 0 radical (unpaired) electrons. The Morgan fingerprint density at radius 1 is 1.12 bits per heavy atom. The molecule has 0 amide bonds. The van der Waals surface area contributed by atoms with Crippen LogP contribution < -0.4 is 0 Å². The number of hydrogen-bond acceptors (Lipinski definition) is 6. The number of ether oxygens (including phenoxy) is 1. The zero-order valence-electron chi connectivity index (χ0n) is 21.0. The number of esters is 1. The highest BCUT2D eigenvalue weighted by Crippen LogP contribution is 2.68. The van der Waals surface area contributed by atoms with Crippen molar-refractivity contribution in [2.24, 2.45) is 39.9 Å². The van der Waals surface area contributed by atoms with Gasteiger partial charge in [-0.1, -0.05) is 34.6 Å². The van der Waals surface area contributed by atoms with Gasteiger partial charge >= 0.3 is 5.97 Å². The molecule has 0 aromatic rings. The molecule has 0 aromatic carbocycles. The third-order valence-electron chi connectivity index (χ3n) is 10.1. The van der Waals surface area contributed by atoms with E-state index in [1.807, 2.05) is 27.7 Å². The smallest absolute Gasteiger partial charge is 0.306 e. The second-order valence-electron chi connectivity index (χ2n) is 13.2. The molecule has 0 unspecified atom stereocenters. The summed E-state index contributed by atoms with van der Waals surface area (Å²) in [6.07, 6.45) is 4.99. The fraction of sp³-hybridized carbons (Fsp3) is 0.889. The van der Waals surface area contributed by atoms with Gasteiger partial charge in [-0.25, -0.2) is 0 Å². The maximum atomic E-state index is 13.2. The van der Waals surface area contributed by atoms with Crippen LogP contribution >= 0.6 is 0 Å². The Balaban J connectivity index is 1.53. The third kappa shape index (κ3) is 3.99. The van der Waals surface area contributed by atoms with Crippen molar-refractivity contribution in [3.63, 3.8) is 0 Å². The van der Waals surface area contributed by atoms with Gasteiger partial charge in [0, 0.05) is 18.3 Å². The minimum Gasteiger partial charge on any atom is -0.458 e. The van der Waals surface area contributed by atoms with Crippen LogP contribution in [0.4, 0.5) is 0 Å². The lowest BCUT2D eigenvalue weighted by Gasteiger charge is -2.62. The molecule has 186 valence electrons. The van der Waals surface area contributed by atoms with Gasteiger partial charge in [0.25, 0.3) is 0 Å². The first-order chi connectivity index (χ1) is 15.2. The summed E-state index contributed by atoms with van der Waals surface area (Å²) >= 11 is 0. The second kappa shape index (κ2) is 8.15. The van der Waals surface area contributed by atoms with E-state index in [0.717, 1.165) is 25.7 Å². The van der Waals surface area contributed by atoms with Crippen LogP contribution in [0.25, 0.3) is 0 Å². The minimum atomic E-state index is -1.59. The fourth-order valence-corrected chi connectivity index (χ4v) is 8.38. The summed E-state index contributed by atoms with van der Waals surface area (Å²) in [5.41, 5.74) is -2.63. The lowest BCUT2D eigenvalue weighted by molar-refractivity contribution is -0.199. The van der Waals surface area contributed by atoms with Gasteiger partial charge in [0.1, 0.15) is 11.4 Å². The number of rotatable bonds is 4. The van der Waals surface area contributed by atoms with E-state index in [-0.39, 0.29) is 35.0 Å². The Bertz CT molecular complexity index is 829. The number of aliphatic hydroxyl groups is 2. The van der Waals surface area contributed by atoms with Crippen LogP contribution in [-0.2, 0) is 19.1 Å². The molecule has 4 rings (SSSR count). The van der Waals surface area contributed by atoms with Gasteiger partial charge in [0.2, 0.25) is 5.78 Å². The van der Waals surface area contributed by atoms with Crippen molar-refractivity contribution in [3.05, 3.63) is 0 Å². The predicted octanol–water partition coefficient (Wildman–Crippen LogP) is 3.85. The molecule has 0 heterocycles. The van der Waals surface area contributed by atoms with Gasteiger partial charge in [-0.3, -0.25) is 14.4 Å². The van der Waals surface area contributed by atoms with Crippen molar-refractivity contribution < 1.29 is 29.3 Å². The van der Waals surface area contributed by atoms with Gasteiger partial charge in [0.15, 0.2) is 6.61 Å². The van der Waals surface area contributed by atoms with Crippen LogP contribution in [0.3, 0.4) is 0 Å². The Labute approximate surface area is 197 Å². The highest BCUT2D eigenvalue weighted by molar-refractivity contribution is 5.91. The van der Waals surface area contributed by atoms with Crippen molar-refractivity contribution >= 4 is 17.5 Å². The first kappa shape index (κ1) is 24.8. The topological polar surface area (TPSA) is 101 Å². The first-order valence-corrected chi connectivity index (χ1v) is 12.8. The number of aliphatic hydroxyl groups excluding tert-OH is 1. The number of ketones is 2. The molecule has 0 spiro atoms. The summed E-state index contributed by atoms with van der Waals surface area (Å²) in [7, 11) is 0. The number of fused-ring (bicyclic) bond motifs is 5. The SMILES string of the molecule is CC(C)(C)CC(=O)OCC(=O)[C@@]1(O)CC[C@H]2[C@@H]3CC[C@H]4CC(=O)CC[C@]4(C)[C@H]3[C@@H](O)C[C@@]21C. The maximum absolute atomic E-state index is 13.2. The van der Waals surface area contributed by atoms with Crippen molar-refractivity contribution in [1.82, 2.24) is 0 Å². The Kier molecular flexibility index (Phi) is 6.14. The number of hydrogen-bond donors (Lipinski definition) is 2. The summed E-state index contributed by atoms with van der Waals surface area (Å²) in [6, 6.07) is 0. The highest BCUT2D eigenvalue weighted by Gasteiger charge is 2.68. The molecule has 8 atom stereocenters. The summed E-state index contributed by atoms with van der Waals surface area (Å²) in [5, 5.41) is 23.2. The number of Topliss-reactive ketones (excluding diaryl/α,β-unsaturated/α-hetero) is 2. The summed E-state index contributed by atoms with van der Waals surface area (Å²) in [5.74, 6) is 0.268. The first-order valence-electron chi connectivity index (χ1n) is 12.8. The van der Waals surface area contributed by atoms with E-state index in [0.29, 0.717) is 37.4 Å². The maximum Gasteiger partial charge on any atom is 0.306 e. The quantitative estimate of drug-likeness (QED) is 0.616. The lowest BCUT2D eigenvalue weighted by atomic mass is 9.43. The monoisotopic (exact) mass is 462 g/mol. The van der Waals surface area contributed by atoms with Crippen LogP contribution in [0.5, 0.6) is 0 Å². The number of carbonyl (C=O) groups excluding carboxylic acids is 3. The Hall–Kier alpha value is -1.27. The molecule has 6 heteroatoms. The van der Waals surface area contributed by atoms with Crippen LogP contribution in [0.15, 0.2) is 0 Å². The molecular formula is C27H42O6. The standard InChI is InChI=1S/C27H42O6/c1-24(2,3)14-22(31)33-15-21(30)27(32)11-9-19-18-7-6-16-12-17(28)8-10-25(16,4)23(18)20(29)13-26(19,27)5/h16,18-20,23,29,32H,6-15H2,1-5H3/t16-,18-,19-,20-,23+,25-,26-,27-/m0/s1. The van der Waals surface area contributed by atoms with Crippen molar-refractivity contribution in [2.75, 3.05) is 6.61 Å². The van der Waals surface area contributed by atoms with E-state index in [1.54, 1.807) is 0 Å². The zero-order chi connectivity index (χ0) is 24.4. The molecule has 2 N–H and O–H groups in total. The van der Waals surface area contributed by atoms with Gasteiger partial charge in [0.05, 0.1) is 12.5 Å². The molecule has 0 aromatic heterocycles. The second-order valence-corrected chi connectivity index (χ2v) is 13.2. The summed E-state index contributed by atoms with van der Waals surface area (Å²) in [4.78, 5) is 37.5. The summed E-state index contributed by atoms with van der Waals surface area (Å²) < 4.78 is 5.27. The molecule has 33 heavy (non-hydrogen) atoms. The van der Waals surface area contributed by atoms with E-state index in [1.165, 1.54) is 0 Å². The average molecular weight is 463 g/mol. The Morgan fingerprint density at radius 2 is 1.82 bits per heavy atom. The van der Waals surface area contributed by atoms with Crippen LogP contribution in [0, 0.1) is 39.9 Å². The van der Waals surface area contributed by atoms with Gasteiger partial charge in [-0.05, 0) is 73.0 Å². The van der Waals surface area contributed by atoms with Gasteiger partial charge in [-0.15, -0.1) is 0 Å². The Morgan fingerprint density at radius 3 is 2.48 bits per heavy atom. The molecule has 4 aliphatic carbocycles. The van der Waals surface area contributed by atoms with Crippen molar-refractivity contribution in [1.29, 1.82) is 0 Å². The van der Waals surface area contributed by atoms with E-state index < -0.39 is 35.5 Å². The van der Waals surface area contributed by atoms with E-state index in [9.17, 15) is 24.6 Å². The minimum absolute atomic E-state index is 0.0647. The van der Waals surface area contributed by atoms with Gasteiger partial charge < -0.3 is 14.9 Å². The largest absolute Gasteiger partial charge is 0.458 e. The molecular weight excluding hydrogens is 420 g/mol. The summed E-state index contributed by atoms with van der Waals surface area (Å²) in [6.45, 7) is 9.60. The van der Waals surface area contributed by atoms with E-state index in [4.69, 9.17) is 4.74 Å². The van der Waals surface area contributed by atoms with Crippen LogP contribution in [0.1, 0.15) is 92.4 Å². The van der Waals surface area contributed by atoms with Crippen molar-refractivity contribution in [2.45, 2.75) is 104 Å². The average Bonchev–Trinajstić information content (AvgIpc) is 2.96. The van der Waals surface area contributed by atoms with E-state index in [2.05, 4.69) is 6.92 Å². The predicted molar refractivity (Wildman–Crippen MR) is 123 cm³/mol. The van der Waals surface area contributed by atoms with Crippen molar-refractivity contribution in [3.8, 4) is 0 Å². The third-order valence-corrected chi connectivity index (χ3v) is 10.1. The molecule has 6 nitrogen and oxygen atoms in total.